The van der Waals surface area contributed by atoms with Crippen LogP contribution < -0.4 is 0 Å². The minimum Gasteiger partial charge on any atom is -0.481 e. The van der Waals surface area contributed by atoms with Gasteiger partial charge >= 0.3 is 5.97 Å². The average Bonchev–Trinajstić information content (AvgIpc) is 2.30. The Morgan fingerprint density at radius 2 is 2.06 bits per heavy atom. The van der Waals surface area contributed by atoms with Gasteiger partial charge in [-0.2, -0.15) is 0 Å². The van der Waals surface area contributed by atoms with Crippen LogP contribution in [0, 0.1) is 0 Å². The molecule has 1 rings (SSSR count). The van der Waals surface area contributed by atoms with Crippen LogP contribution in [0.1, 0.15) is 20.3 Å². The Morgan fingerprint density at radius 1 is 1.39 bits per heavy atom. The van der Waals surface area contributed by atoms with Gasteiger partial charge in [0.1, 0.15) is 0 Å². The molecule has 1 aliphatic heterocycles. The number of hydrogen-bond donors (Lipinski definition) is 1. The van der Waals surface area contributed by atoms with Gasteiger partial charge in [0.15, 0.2) is 0 Å². The third-order valence-electron chi connectivity index (χ3n) is 3.10. The number of ether oxygens (including phenoxy) is 1. The van der Waals surface area contributed by atoms with Crippen molar-refractivity contribution in [3.05, 3.63) is 0 Å². The molecule has 0 aromatic rings. The number of nitrogens with zero attached hydrogens (tertiary/aromatic N) is 2. The van der Waals surface area contributed by atoms with Crippen molar-refractivity contribution < 1.29 is 19.4 Å². The standard InChI is InChI=1S/C12H22N2O4/c1-3-14(4-2)11(15)9-13-5-6-18-10(8-13)7-12(16)17/h10H,3-9H2,1-2H3,(H,16,17). The van der Waals surface area contributed by atoms with Gasteiger partial charge in [-0.3, -0.25) is 14.5 Å². The second-order valence-corrected chi connectivity index (χ2v) is 4.39. The average molecular weight is 258 g/mol. The molecule has 18 heavy (non-hydrogen) atoms. The molecule has 0 bridgehead atoms. The Kier molecular flexibility index (Phi) is 6.07. The summed E-state index contributed by atoms with van der Waals surface area (Å²) < 4.78 is 5.37. The van der Waals surface area contributed by atoms with E-state index in [0.29, 0.717) is 39.3 Å². The van der Waals surface area contributed by atoms with Crippen LogP contribution in [0.5, 0.6) is 0 Å². The lowest BCUT2D eigenvalue weighted by Gasteiger charge is -2.33. The molecule has 6 heteroatoms. The molecule has 1 fully saturated rings. The Hall–Kier alpha value is -1.14. The molecule has 0 spiro atoms. The van der Waals surface area contributed by atoms with Gasteiger partial charge in [0.2, 0.25) is 5.91 Å². The SMILES string of the molecule is CCN(CC)C(=O)CN1CCOC(CC(=O)O)C1. The van der Waals surface area contributed by atoms with Gasteiger partial charge in [-0.25, -0.2) is 0 Å². The van der Waals surface area contributed by atoms with Crippen LogP contribution in [-0.2, 0) is 14.3 Å². The summed E-state index contributed by atoms with van der Waals surface area (Å²) in [7, 11) is 0. The summed E-state index contributed by atoms with van der Waals surface area (Å²) in [6.07, 6.45) is -0.309. The minimum absolute atomic E-state index is 0.00401. The second-order valence-electron chi connectivity index (χ2n) is 4.39. The highest BCUT2D eigenvalue weighted by Gasteiger charge is 2.24. The molecule has 0 aromatic carbocycles. The normalized spacial score (nSPS) is 20.7. The number of amides is 1. The summed E-state index contributed by atoms with van der Waals surface area (Å²) in [5.74, 6) is -0.770. The van der Waals surface area contributed by atoms with E-state index >= 15 is 0 Å². The first-order chi connectivity index (χ1) is 8.56. The van der Waals surface area contributed by atoms with Crippen molar-refractivity contribution in [2.45, 2.75) is 26.4 Å². The molecule has 1 amide bonds. The number of likely N-dealkylation sites (N-methyl/N-ethyl adjacent to an activating group) is 1. The van der Waals surface area contributed by atoms with E-state index in [-0.39, 0.29) is 18.4 Å². The van der Waals surface area contributed by atoms with Crippen molar-refractivity contribution in [2.75, 3.05) is 39.3 Å². The van der Waals surface area contributed by atoms with E-state index in [9.17, 15) is 9.59 Å². The Balaban J connectivity index is 2.42. The summed E-state index contributed by atoms with van der Waals surface area (Å²) in [5.41, 5.74) is 0. The summed E-state index contributed by atoms with van der Waals surface area (Å²) in [4.78, 5) is 26.3. The molecule has 6 nitrogen and oxygen atoms in total. The zero-order chi connectivity index (χ0) is 13.5. The van der Waals surface area contributed by atoms with E-state index < -0.39 is 5.97 Å². The first-order valence-electron chi connectivity index (χ1n) is 6.40. The first kappa shape index (κ1) is 14.9. The predicted molar refractivity (Wildman–Crippen MR) is 66.4 cm³/mol. The van der Waals surface area contributed by atoms with Crippen molar-refractivity contribution in [3.63, 3.8) is 0 Å². The molecule has 1 atom stereocenters. The molecule has 1 heterocycles. The predicted octanol–water partition coefficient (Wildman–Crippen LogP) is 0.0303. The van der Waals surface area contributed by atoms with E-state index in [2.05, 4.69) is 0 Å². The number of carbonyl (C=O) groups excluding carboxylic acids is 1. The van der Waals surface area contributed by atoms with Crippen LogP contribution in [0.4, 0.5) is 0 Å². The molecule has 0 radical (unpaired) electrons. The Labute approximate surface area is 107 Å². The molecule has 1 aliphatic rings. The lowest BCUT2D eigenvalue weighted by Crippen LogP contribution is -2.48. The smallest absolute Gasteiger partial charge is 0.306 e. The zero-order valence-corrected chi connectivity index (χ0v) is 11.1. The van der Waals surface area contributed by atoms with Crippen LogP contribution in [0.15, 0.2) is 0 Å². The van der Waals surface area contributed by atoms with Crippen LogP contribution in [0.2, 0.25) is 0 Å². The van der Waals surface area contributed by atoms with E-state index in [1.165, 1.54) is 0 Å². The van der Waals surface area contributed by atoms with Crippen LogP contribution >= 0.6 is 0 Å². The quantitative estimate of drug-likeness (QED) is 0.728. The lowest BCUT2D eigenvalue weighted by molar-refractivity contribution is -0.142. The number of carboxylic acids is 1. The summed E-state index contributed by atoms with van der Waals surface area (Å²) >= 11 is 0. The van der Waals surface area contributed by atoms with Crippen LogP contribution in [0.25, 0.3) is 0 Å². The fraction of sp³-hybridized carbons (Fsp3) is 0.833. The number of hydrogen-bond acceptors (Lipinski definition) is 4. The lowest BCUT2D eigenvalue weighted by atomic mass is 10.2. The molecular formula is C12H22N2O4. The summed E-state index contributed by atoms with van der Waals surface area (Å²) in [6.45, 7) is 7.35. The molecular weight excluding hydrogens is 236 g/mol. The second kappa shape index (κ2) is 7.33. The summed E-state index contributed by atoms with van der Waals surface area (Å²) in [5, 5.41) is 8.72. The van der Waals surface area contributed by atoms with Gasteiger partial charge in [-0.1, -0.05) is 0 Å². The van der Waals surface area contributed by atoms with E-state index in [0.717, 1.165) is 0 Å². The van der Waals surface area contributed by atoms with Crippen molar-refractivity contribution in [1.29, 1.82) is 0 Å². The Bertz CT molecular complexity index is 292. The zero-order valence-electron chi connectivity index (χ0n) is 11.1. The maximum Gasteiger partial charge on any atom is 0.306 e. The molecule has 1 N–H and O–H groups in total. The van der Waals surface area contributed by atoms with Gasteiger partial charge in [-0.15, -0.1) is 0 Å². The Morgan fingerprint density at radius 3 is 2.61 bits per heavy atom. The molecule has 0 aromatic heterocycles. The van der Waals surface area contributed by atoms with E-state index in [1.54, 1.807) is 4.90 Å². The molecule has 0 aliphatic carbocycles. The summed E-state index contributed by atoms with van der Waals surface area (Å²) in [6, 6.07) is 0. The number of aliphatic carboxylic acids is 1. The van der Waals surface area contributed by atoms with Gasteiger partial charge < -0.3 is 14.7 Å². The van der Waals surface area contributed by atoms with Crippen molar-refractivity contribution in [3.8, 4) is 0 Å². The third-order valence-corrected chi connectivity index (χ3v) is 3.10. The number of carboxylic acid groups (broad SMARTS) is 1. The highest BCUT2D eigenvalue weighted by molar-refractivity contribution is 5.78. The molecule has 1 saturated heterocycles. The fourth-order valence-electron chi connectivity index (χ4n) is 2.11. The van der Waals surface area contributed by atoms with Crippen molar-refractivity contribution >= 4 is 11.9 Å². The fourth-order valence-corrected chi connectivity index (χ4v) is 2.11. The largest absolute Gasteiger partial charge is 0.481 e. The van der Waals surface area contributed by atoms with E-state index in [1.807, 2.05) is 18.7 Å². The van der Waals surface area contributed by atoms with Crippen molar-refractivity contribution in [1.82, 2.24) is 9.80 Å². The molecule has 104 valence electrons. The van der Waals surface area contributed by atoms with Gasteiger partial charge in [0.25, 0.3) is 0 Å². The molecule has 1 unspecified atom stereocenters. The maximum absolute atomic E-state index is 11.9. The number of carbonyl (C=O) groups is 2. The van der Waals surface area contributed by atoms with Gasteiger partial charge in [0.05, 0.1) is 25.7 Å². The van der Waals surface area contributed by atoms with Crippen molar-refractivity contribution in [2.24, 2.45) is 0 Å². The van der Waals surface area contributed by atoms with Gasteiger partial charge in [0, 0.05) is 26.2 Å². The van der Waals surface area contributed by atoms with E-state index in [4.69, 9.17) is 9.84 Å². The number of morpholine rings is 1. The van der Waals surface area contributed by atoms with Crippen LogP contribution in [-0.4, -0.2) is 72.2 Å². The van der Waals surface area contributed by atoms with Crippen LogP contribution in [0.3, 0.4) is 0 Å². The maximum atomic E-state index is 11.9. The van der Waals surface area contributed by atoms with Gasteiger partial charge in [-0.05, 0) is 13.8 Å². The third kappa shape index (κ3) is 4.62. The molecule has 0 saturated carbocycles. The topological polar surface area (TPSA) is 70.1 Å². The first-order valence-corrected chi connectivity index (χ1v) is 6.40. The highest BCUT2D eigenvalue weighted by atomic mass is 16.5. The highest BCUT2D eigenvalue weighted by Crippen LogP contribution is 2.09. The number of rotatable bonds is 6. The monoisotopic (exact) mass is 258 g/mol. The minimum atomic E-state index is -0.864.